The standard InChI is InChI=1S/C9H17N/c10-6-9-4-2-7-1-3-8(9)5-7/h7-9H,1-6,10H2/t7-,8-,9-/m1/s1. The molecule has 0 aromatic carbocycles. The van der Waals surface area contributed by atoms with Gasteiger partial charge in [-0.3, -0.25) is 0 Å². The molecule has 0 aliphatic heterocycles. The van der Waals surface area contributed by atoms with Crippen LogP contribution in [-0.2, 0) is 0 Å². The van der Waals surface area contributed by atoms with E-state index in [9.17, 15) is 0 Å². The molecule has 0 saturated heterocycles. The molecule has 2 aliphatic carbocycles. The van der Waals surface area contributed by atoms with Crippen molar-refractivity contribution in [1.29, 1.82) is 0 Å². The third-order valence-electron chi connectivity index (χ3n) is 3.50. The van der Waals surface area contributed by atoms with Crippen LogP contribution >= 0.6 is 0 Å². The average molecular weight is 139 g/mol. The molecule has 0 radical (unpaired) electrons. The number of rotatable bonds is 1. The van der Waals surface area contributed by atoms with E-state index in [0.29, 0.717) is 0 Å². The second kappa shape index (κ2) is 2.54. The molecular weight excluding hydrogens is 122 g/mol. The number of nitrogens with two attached hydrogens (primary N) is 1. The van der Waals surface area contributed by atoms with Crippen molar-refractivity contribution in [2.75, 3.05) is 6.54 Å². The molecular formula is C9H17N. The molecule has 0 spiro atoms. The van der Waals surface area contributed by atoms with Crippen LogP contribution in [0.3, 0.4) is 0 Å². The molecule has 0 unspecified atom stereocenters. The first-order valence-corrected chi connectivity index (χ1v) is 4.60. The van der Waals surface area contributed by atoms with Crippen LogP contribution in [0.4, 0.5) is 0 Å². The van der Waals surface area contributed by atoms with E-state index in [1.807, 2.05) is 0 Å². The molecule has 2 N–H and O–H groups in total. The summed E-state index contributed by atoms with van der Waals surface area (Å²) in [6.45, 7) is 0.942. The van der Waals surface area contributed by atoms with Gasteiger partial charge in [0, 0.05) is 0 Å². The Labute approximate surface area is 63.0 Å². The monoisotopic (exact) mass is 139 g/mol. The van der Waals surface area contributed by atoms with Crippen LogP contribution in [0.1, 0.15) is 32.1 Å². The van der Waals surface area contributed by atoms with E-state index >= 15 is 0 Å². The molecule has 2 saturated carbocycles. The zero-order chi connectivity index (χ0) is 6.97. The minimum absolute atomic E-state index is 0.888. The maximum atomic E-state index is 5.69. The normalized spacial score (nSPS) is 45.9. The molecule has 3 atom stereocenters. The summed E-state index contributed by atoms with van der Waals surface area (Å²) < 4.78 is 0. The Morgan fingerprint density at radius 3 is 2.70 bits per heavy atom. The second-order valence-electron chi connectivity index (χ2n) is 4.01. The van der Waals surface area contributed by atoms with Gasteiger partial charge in [-0.05, 0) is 43.6 Å². The summed E-state index contributed by atoms with van der Waals surface area (Å²) in [5.41, 5.74) is 5.69. The highest BCUT2D eigenvalue weighted by molar-refractivity contribution is 4.86. The minimum Gasteiger partial charge on any atom is -0.330 e. The third kappa shape index (κ3) is 0.968. The molecule has 2 rings (SSSR count). The molecule has 2 bridgehead atoms. The molecule has 1 nitrogen and oxygen atoms in total. The first-order valence-electron chi connectivity index (χ1n) is 4.60. The van der Waals surface area contributed by atoms with Gasteiger partial charge in [0.15, 0.2) is 0 Å². The summed E-state index contributed by atoms with van der Waals surface area (Å²) in [6, 6.07) is 0. The fourth-order valence-corrected chi connectivity index (χ4v) is 2.80. The third-order valence-corrected chi connectivity index (χ3v) is 3.50. The predicted octanol–water partition coefficient (Wildman–Crippen LogP) is 1.77. The van der Waals surface area contributed by atoms with Crippen LogP contribution < -0.4 is 5.73 Å². The Balaban J connectivity index is 2.00. The van der Waals surface area contributed by atoms with E-state index in [1.54, 1.807) is 0 Å². The van der Waals surface area contributed by atoms with Gasteiger partial charge in [0.2, 0.25) is 0 Å². The van der Waals surface area contributed by atoms with Crippen molar-refractivity contribution in [1.82, 2.24) is 0 Å². The van der Waals surface area contributed by atoms with Crippen LogP contribution in [0.25, 0.3) is 0 Å². The van der Waals surface area contributed by atoms with E-state index in [4.69, 9.17) is 5.73 Å². The van der Waals surface area contributed by atoms with Crippen molar-refractivity contribution in [2.45, 2.75) is 32.1 Å². The lowest BCUT2D eigenvalue weighted by molar-refractivity contribution is 0.252. The van der Waals surface area contributed by atoms with Crippen LogP contribution in [0.15, 0.2) is 0 Å². The first-order chi connectivity index (χ1) is 4.90. The summed E-state index contributed by atoms with van der Waals surface area (Å²) in [4.78, 5) is 0. The van der Waals surface area contributed by atoms with Gasteiger partial charge >= 0.3 is 0 Å². The van der Waals surface area contributed by atoms with Crippen molar-refractivity contribution in [2.24, 2.45) is 23.5 Å². The van der Waals surface area contributed by atoms with Gasteiger partial charge in [-0.2, -0.15) is 0 Å². The lowest BCUT2D eigenvalue weighted by atomic mass is 9.80. The van der Waals surface area contributed by atoms with Crippen LogP contribution in [0.2, 0.25) is 0 Å². The quantitative estimate of drug-likeness (QED) is 0.588. The van der Waals surface area contributed by atoms with E-state index in [-0.39, 0.29) is 0 Å². The molecule has 1 heteroatoms. The summed E-state index contributed by atoms with van der Waals surface area (Å²) in [6.07, 6.45) is 7.37. The Morgan fingerprint density at radius 2 is 1.90 bits per heavy atom. The zero-order valence-corrected chi connectivity index (χ0v) is 6.55. The van der Waals surface area contributed by atoms with Gasteiger partial charge in [0.1, 0.15) is 0 Å². The molecule has 2 aliphatic rings. The van der Waals surface area contributed by atoms with Crippen LogP contribution in [0.5, 0.6) is 0 Å². The van der Waals surface area contributed by atoms with Crippen LogP contribution in [-0.4, -0.2) is 6.54 Å². The number of hydrogen-bond donors (Lipinski definition) is 1. The minimum atomic E-state index is 0.888. The van der Waals surface area contributed by atoms with Crippen LogP contribution in [0, 0.1) is 17.8 Å². The van der Waals surface area contributed by atoms with Crippen molar-refractivity contribution in [3.63, 3.8) is 0 Å². The number of hydrogen-bond acceptors (Lipinski definition) is 1. The maximum Gasteiger partial charge on any atom is -0.00462 e. The SMILES string of the molecule is NC[C@H]1CC[C@H]2CC[C@@H]1C2. The van der Waals surface area contributed by atoms with Crippen molar-refractivity contribution in [3.05, 3.63) is 0 Å². The fraction of sp³-hybridized carbons (Fsp3) is 1.00. The summed E-state index contributed by atoms with van der Waals surface area (Å²) in [5, 5.41) is 0. The van der Waals surface area contributed by atoms with Gasteiger partial charge < -0.3 is 5.73 Å². The second-order valence-corrected chi connectivity index (χ2v) is 4.01. The number of fused-ring (bicyclic) bond motifs is 2. The fourth-order valence-electron chi connectivity index (χ4n) is 2.80. The first kappa shape index (κ1) is 6.66. The summed E-state index contributed by atoms with van der Waals surface area (Å²) in [7, 11) is 0. The Bertz CT molecular complexity index is 122. The maximum absolute atomic E-state index is 5.69. The molecule has 0 aromatic heterocycles. The smallest absolute Gasteiger partial charge is 0.00462 e. The molecule has 0 amide bonds. The van der Waals surface area contributed by atoms with E-state index in [2.05, 4.69) is 0 Å². The highest BCUT2D eigenvalue weighted by Gasteiger charge is 2.34. The van der Waals surface area contributed by atoms with E-state index in [0.717, 1.165) is 24.3 Å². The molecule has 0 heterocycles. The Hall–Kier alpha value is -0.0400. The van der Waals surface area contributed by atoms with Gasteiger partial charge in [-0.15, -0.1) is 0 Å². The molecule has 10 heavy (non-hydrogen) atoms. The topological polar surface area (TPSA) is 26.0 Å². The lowest BCUT2D eigenvalue weighted by Crippen LogP contribution is -2.25. The Kier molecular flexibility index (Phi) is 1.69. The van der Waals surface area contributed by atoms with Crippen molar-refractivity contribution >= 4 is 0 Å². The van der Waals surface area contributed by atoms with Gasteiger partial charge in [-0.25, -0.2) is 0 Å². The van der Waals surface area contributed by atoms with Crippen molar-refractivity contribution < 1.29 is 0 Å². The van der Waals surface area contributed by atoms with Gasteiger partial charge in [0.05, 0.1) is 0 Å². The highest BCUT2D eigenvalue weighted by Crippen LogP contribution is 2.44. The Morgan fingerprint density at radius 1 is 1.10 bits per heavy atom. The van der Waals surface area contributed by atoms with E-state index < -0.39 is 0 Å². The summed E-state index contributed by atoms with van der Waals surface area (Å²) in [5.74, 6) is 3.00. The van der Waals surface area contributed by atoms with E-state index in [1.165, 1.54) is 32.1 Å². The summed E-state index contributed by atoms with van der Waals surface area (Å²) >= 11 is 0. The lowest BCUT2D eigenvalue weighted by Gasteiger charge is -2.27. The molecule has 0 aromatic rings. The highest BCUT2D eigenvalue weighted by atomic mass is 14.6. The molecule has 2 fully saturated rings. The zero-order valence-electron chi connectivity index (χ0n) is 6.55. The van der Waals surface area contributed by atoms with Crippen molar-refractivity contribution in [3.8, 4) is 0 Å². The van der Waals surface area contributed by atoms with Gasteiger partial charge in [-0.1, -0.05) is 12.8 Å². The molecule has 58 valence electrons. The predicted molar refractivity (Wildman–Crippen MR) is 42.6 cm³/mol. The van der Waals surface area contributed by atoms with Gasteiger partial charge in [0.25, 0.3) is 0 Å². The largest absolute Gasteiger partial charge is 0.330 e. The average Bonchev–Trinajstić information content (AvgIpc) is 2.34.